The van der Waals surface area contributed by atoms with Crippen molar-refractivity contribution in [3.05, 3.63) is 29.6 Å². The van der Waals surface area contributed by atoms with E-state index in [0.717, 1.165) is 18.4 Å². The van der Waals surface area contributed by atoms with Gasteiger partial charge in [-0.3, -0.25) is 0 Å². The van der Waals surface area contributed by atoms with E-state index in [9.17, 15) is 9.50 Å². The summed E-state index contributed by atoms with van der Waals surface area (Å²) >= 11 is 0. The second kappa shape index (κ2) is 6.60. The molecule has 0 fully saturated rings. The highest BCUT2D eigenvalue weighted by molar-refractivity contribution is 5.29. The first kappa shape index (κ1) is 14.0. The Kier molecular flexibility index (Phi) is 5.42. The molecule has 0 radical (unpaired) electrons. The third-order valence-corrected chi connectivity index (χ3v) is 3.25. The zero-order chi connectivity index (χ0) is 12.8. The number of halogens is 1. The van der Waals surface area contributed by atoms with Crippen LogP contribution >= 0.6 is 0 Å². The molecule has 0 aliphatic rings. The van der Waals surface area contributed by atoms with Crippen molar-refractivity contribution in [2.45, 2.75) is 39.2 Å². The molecule has 17 heavy (non-hydrogen) atoms. The molecule has 0 saturated heterocycles. The van der Waals surface area contributed by atoms with Gasteiger partial charge in [0.1, 0.15) is 0 Å². The lowest BCUT2D eigenvalue weighted by Gasteiger charge is -2.20. The van der Waals surface area contributed by atoms with E-state index in [1.54, 1.807) is 12.1 Å². The minimum atomic E-state index is -0.405. The van der Waals surface area contributed by atoms with Gasteiger partial charge in [0.25, 0.3) is 0 Å². The van der Waals surface area contributed by atoms with Crippen molar-refractivity contribution in [2.75, 3.05) is 7.11 Å². The van der Waals surface area contributed by atoms with Crippen LogP contribution in [0.2, 0.25) is 0 Å². The molecule has 1 rings (SSSR count). The van der Waals surface area contributed by atoms with Gasteiger partial charge in [0.15, 0.2) is 11.6 Å². The quantitative estimate of drug-likeness (QED) is 0.827. The molecule has 1 unspecified atom stereocenters. The standard InChI is InChI=1S/C14H21FO2/c1-4-11(5-2)13(16)9-10-6-7-14(17-3)12(15)8-10/h6-8,11,13,16H,4-5,9H2,1-3H3. The minimum absolute atomic E-state index is 0.241. The Morgan fingerprint density at radius 2 is 1.94 bits per heavy atom. The molecule has 0 amide bonds. The molecule has 0 saturated carbocycles. The van der Waals surface area contributed by atoms with Crippen LogP contribution in [0.3, 0.4) is 0 Å². The number of rotatable bonds is 6. The smallest absolute Gasteiger partial charge is 0.165 e. The molecule has 96 valence electrons. The van der Waals surface area contributed by atoms with E-state index in [1.807, 2.05) is 0 Å². The topological polar surface area (TPSA) is 29.5 Å². The Labute approximate surface area is 102 Å². The highest BCUT2D eigenvalue weighted by atomic mass is 19.1. The van der Waals surface area contributed by atoms with Crippen LogP contribution in [-0.4, -0.2) is 18.3 Å². The van der Waals surface area contributed by atoms with E-state index < -0.39 is 6.10 Å². The summed E-state index contributed by atoms with van der Waals surface area (Å²) in [6.07, 6.45) is 1.97. The Bertz CT molecular complexity index is 348. The number of methoxy groups -OCH3 is 1. The van der Waals surface area contributed by atoms with Gasteiger partial charge in [-0.05, 0) is 30.0 Å². The number of aliphatic hydroxyl groups is 1. The van der Waals surface area contributed by atoms with E-state index >= 15 is 0 Å². The lowest BCUT2D eigenvalue weighted by molar-refractivity contribution is 0.103. The van der Waals surface area contributed by atoms with Crippen LogP contribution in [0.5, 0.6) is 5.75 Å². The zero-order valence-corrected chi connectivity index (χ0v) is 10.7. The van der Waals surface area contributed by atoms with Crippen molar-refractivity contribution in [2.24, 2.45) is 5.92 Å². The average molecular weight is 240 g/mol. The van der Waals surface area contributed by atoms with Gasteiger partial charge < -0.3 is 9.84 Å². The molecule has 1 aromatic rings. The first-order valence-corrected chi connectivity index (χ1v) is 6.12. The number of aliphatic hydroxyl groups excluding tert-OH is 1. The van der Waals surface area contributed by atoms with Crippen molar-refractivity contribution in [1.29, 1.82) is 0 Å². The summed E-state index contributed by atoms with van der Waals surface area (Å²) in [5.74, 6) is 0.146. The SMILES string of the molecule is CCC(CC)C(O)Cc1ccc(OC)c(F)c1. The van der Waals surface area contributed by atoms with Crippen LogP contribution in [0.1, 0.15) is 32.3 Å². The summed E-state index contributed by atoms with van der Waals surface area (Å²) in [7, 11) is 1.44. The Balaban J connectivity index is 2.71. The minimum Gasteiger partial charge on any atom is -0.494 e. The predicted octanol–water partition coefficient (Wildman–Crippen LogP) is 3.17. The predicted molar refractivity (Wildman–Crippen MR) is 66.7 cm³/mol. The van der Waals surface area contributed by atoms with Crippen molar-refractivity contribution >= 4 is 0 Å². The fraction of sp³-hybridized carbons (Fsp3) is 0.571. The van der Waals surface area contributed by atoms with Gasteiger partial charge in [0.2, 0.25) is 0 Å². The average Bonchev–Trinajstić information content (AvgIpc) is 2.31. The first-order chi connectivity index (χ1) is 8.12. The van der Waals surface area contributed by atoms with Gasteiger partial charge in [-0.1, -0.05) is 32.8 Å². The molecule has 0 bridgehead atoms. The van der Waals surface area contributed by atoms with Crippen LogP contribution in [0, 0.1) is 11.7 Å². The number of hydrogen-bond donors (Lipinski definition) is 1. The summed E-state index contributed by atoms with van der Waals surface area (Å²) in [6, 6.07) is 4.84. The van der Waals surface area contributed by atoms with Crippen LogP contribution in [-0.2, 0) is 6.42 Å². The second-order valence-corrected chi connectivity index (χ2v) is 4.32. The highest BCUT2D eigenvalue weighted by Gasteiger charge is 2.16. The van der Waals surface area contributed by atoms with Gasteiger partial charge in [-0.2, -0.15) is 0 Å². The molecule has 0 heterocycles. The molecular formula is C14H21FO2. The highest BCUT2D eigenvalue weighted by Crippen LogP contribution is 2.21. The summed E-state index contributed by atoms with van der Waals surface area (Å²) in [5.41, 5.74) is 0.808. The third kappa shape index (κ3) is 3.70. The van der Waals surface area contributed by atoms with E-state index in [0.29, 0.717) is 6.42 Å². The maximum atomic E-state index is 13.5. The van der Waals surface area contributed by atoms with E-state index in [1.165, 1.54) is 13.2 Å². The maximum Gasteiger partial charge on any atom is 0.165 e. The molecular weight excluding hydrogens is 219 g/mol. The van der Waals surface area contributed by atoms with Crippen LogP contribution in [0.15, 0.2) is 18.2 Å². The lowest BCUT2D eigenvalue weighted by Crippen LogP contribution is -2.21. The molecule has 0 aliphatic heterocycles. The monoisotopic (exact) mass is 240 g/mol. The van der Waals surface area contributed by atoms with Crippen molar-refractivity contribution < 1.29 is 14.2 Å². The molecule has 2 nitrogen and oxygen atoms in total. The molecule has 1 aromatic carbocycles. The van der Waals surface area contributed by atoms with Crippen LogP contribution < -0.4 is 4.74 Å². The zero-order valence-electron chi connectivity index (χ0n) is 10.7. The molecule has 0 aromatic heterocycles. The Hall–Kier alpha value is -1.09. The van der Waals surface area contributed by atoms with Gasteiger partial charge in [-0.15, -0.1) is 0 Å². The van der Waals surface area contributed by atoms with E-state index in [-0.39, 0.29) is 17.5 Å². The first-order valence-electron chi connectivity index (χ1n) is 6.12. The van der Waals surface area contributed by atoms with E-state index in [2.05, 4.69) is 13.8 Å². The second-order valence-electron chi connectivity index (χ2n) is 4.32. The van der Waals surface area contributed by atoms with Gasteiger partial charge in [0.05, 0.1) is 13.2 Å². The van der Waals surface area contributed by atoms with Crippen molar-refractivity contribution in [3.8, 4) is 5.75 Å². The van der Waals surface area contributed by atoms with E-state index in [4.69, 9.17) is 4.74 Å². The fourth-order valence-corrected chi connectivity index (χ4v) is 2.08. The fourth-order valence-electron chi connectivity index (χ4n) is 2.08. The number of hydrogen-bond acceptors (Lipinski definition) is 2. The molecule has 3 heteroatoms. The van der Waals surface area contributed by atoms with Gasteiger partial charge in [-0.25, -0.2) is 4.39 Å². The molecule has 1 N–H and O–H groups in total. The summed E-state index contributed by atoms with van der Waals surface area (Å²) in [5, 5.41) is 10.0. The Morgan fingerprint density at radius 1 is 1.29 bits per heavy atom. The third-order valence-electron chi connectivity index (χ3n) is 3.25. The van der Waals surface area contributed by atoms with Crippen LogP contribution in [0.25, 0.3) is 0 Å². The number of ether oxygens (including phenoxy) is 1. The number of benzene rings is 1. The van der Waals surface area contributed by atoms with Crippen LogP contribution in [0.4, 0.5) is 4.39 Å². The maximum absolute atomic E-state index is 13.5. The van der Waals surface area contributed by atoms with Gasteiger partial charge >= 0.3 is 0 Å². The molecule has 0 spiro atoms. The Morgan fingerprint density at radius 3 is 2.41 bits per heavy atom. The summed E-state index contributed by atoms with van der Waals surface area (Å²) in [6.45, 7) is 4.12. The normalized spacial score (nSPS) is 12.8. The summed E-state index contributed by atoms with van der Waals surface area (Å²) < 4.78 is 18.3. The van der Waals surface area contributed by atoms with Crippen molar-refractivity contribution in [3.63, 3.8) is 0 Å². The molecule has 1 atom stereocenters. The van der Waals surface area contributed by atoms with Gasteiger partial charge in [0, 0.05) is 0 Å². The lowest BCUT2D eigenvalue weighted by atomic mass is 9.92. The van der Waals surface area contributed by atoms with Crippen molar-refractivity contribution in [1.82, 2.24) is 0 Å². The summed E-state index contributed by atoms with van der Waals surface area (Å²) in [4.78, 5) is 0. The largest absolute Gasteiger partial charge is 0.494 e. The molecule has 0 aliphatic carbocycles.